The first-order chi connectivity index (χ1) is 12.8. The lowest BCUT2D eigenvalue weighted by Gasteiger charge is -2.27. The molecule has 2 N–H and O–H groups in total. The van der Waals surface area contributed by atoms with E-state index in [9.17, 15) is 18.0 Å². The molecule has 0 atom stereocenters. The number of rotatable bonds is 5. The maximum Gasteiger partial charge on any atom is 0.359 e. The third kappa shape index (κ3) is 4.27. The van der Waals surface area contributed by atoms with Gasteiger partial charge in [-0.1, -0.05) is 0 Å². The minimum Gasteiger partial charge on any atom is -0.461 e. The molecule has 1 amide bonds. The average molecular weight is 392 g/mol. The molecule has 9 nitrogen and oxygen atoms in total. The molecule has 3 rings (SSSR count). The fourth-order valence-corrected chi connectivity index (χ4v) is 3.48. The number of amides is 1. The van der Waals surface area contributed by atoms with Crippen molar-refractivity contribution in [1.29, 1.82) is 0 Å². The Hall–Kier alpha value is -2.88. The number of anilines is 1. The Morgan fingerprint density at radius 2 is 2.00 bits per heavy atom. The second-order valence-corrected chi connectivity index (χ2v) is 7.93. The summed E-state index contributed by atoms with van der Waals surface area (Å²) in [5.41, 5.74) is 2.52. The first-order valence-corrected chi connectivity index (χ1v) is 10.3. The topological polar surface area (TPSA) is 121 Å². The molecule has 1 aromatic carbocycles. The SMILES string of the molecule is CCOC(=O)c1n[nH]c2c1CN(C(=O)c1ccc(NS(C)(=O)=O)cc1)CC2. The first kappa shape index (κ1) is 18.9. The lowest BCUT2D eigenvalue weighted by Crippen LogP contribution is -2.36. The predicted molar refractivity (Wildman–Crippen MR) is 97.9 cm³/mol. The van der Waals surface area contributed by atoms with Gasteiger partial charge < -0.3 is 9.64 Å². The highest BCUT2D eigenvalue weighted by Gasteiger charge is 2.28. The Labute approximate surface area is 156 Å². The Kier molecular flexibility index (Phi) is 5.17. The zero-order valence-electron chi connectivity index (χ0n) is 15.0. The van der Waals surface area contributed by atoms with Crippen molar-refractivity contribution in [2.24, 2.45) is 0 Å². The van der Waals surface area contributed by atoms with Crippen LogP contribution in [0.1, 0.15) is 39.0 Å². The van der Waals surface area contributed by atoms with Crippen molar-refractivity contribution in [2.75, 3.05) is 24.1 Å². The van der Waals surface area contributed by atoms with Crippen molar-refractivity contribution in [1.82, 2.24) is 15.1 Å². The predicted octanol–water partition coefficient (Wildman–Crippen LogP) is 1.16. The third-order valence-corrected chi connectivity index (χ3v) is 4.73. The van der Waals surface area contributed by atoms with Crippen molar-refractivity contribution in [3.8, 4) is 0 Å². The van der Waals surface area contributed by atoms with Crippen LogP contribution in [0.15, 0.2) is 24.3 Å². The van der Waals surface area contributed by atoms with Crippen molar-refractivity contribution >= 4 is 27.6 Å². The fraction of sp³-hybridized carbons (Fsp3) is 0.353. The van der Waals surface area contributed by atoms with Gasteiger partial charge in [0.2, 0.25) is 10.0 Å². The van der Waals surface area contributed by atoms with Crippen LogP contribution in [-0.4, -0.2) is 54.8 Å². The number of carbonyl (C=O) groups is 2. The molecule has 2 heterocycles. The van der Waals surface area contributed by atoms with E-state index in [1.807, 2.05) is 0 Å². The van der Waals surface area contributed by atoms with E-state index in [2.05, 4.69) is 14.9 Å². The number of nitrogens with one attached hydrogen (secondary N) is 2. The molecule has 0 unspecified atom stereocenters. The van der Waals surface area contributed by atoms with E-state index in [1.54, 1.807) is 24.0 Å². The number of esters is 1. The highest BCUT2D eigenvalue weighted by atomic mass is 32.2. The lowest BCUT2D eigenvalue weighted by molar-refractivity contribution is 0.0513. The van der Waals surface area contributed by atoms with Crippen LogP contribution < -0.4 is 4.72 Å². The molecule has 1 aliphatic heterocycles. The number of ether oxygens (including phenoxy) is 1. The fourth-order valence-electron chi connectivity index (χ4n) is 2.91. The highest BCUT2D eigenvalue weighted by Crippen LogP contribution is 2.23. The van der Waals surface area contributed by atoms with Gasteiger partial charge in [-0.25, -0.2) is 13.2 Å². The molecule has 0 saturated heterocycles. The normalized spacial score (nSPS) is 13.8. The molecule has 10 heteroatoms. The van der Waals surface area contributed by atoms with Crippen molar-refractivity contribution in [3.05, 3.63) is 46.8 Å². The van der Waals surface area contributed by atoms with Crippen LogP contribution in [0.4, 0.5) is 5.69 Å². The summed E-state index contributed by atoms with van der Waals surface area (Å²) in [4.78, 5) is 26.4. The van der Waals surface area contributed by atoms with Gasteiger partial charge in [0.25, 0.3) is 5.91 Å². The third-order valence-electron chi connectivity index (χ3n) is 4.12. The summed E-state index contributed by atoms with van der Waals surface area (Å²) >= 11 is 0. The van der Waals surface area contributed by atoms with Crippen LogP contribution >= 0.6 is 0 Å². The summed E-state index contributed by atoms with van der Waals surface area (Å²) in [6.45, 7) is 2.70. The molecule has 0 saturated carbocycles. The van der Waals surface area contributed by atoms with Gasteiger partial charge in [-0.3, -0.25) is 14.6 Å². The standard InChI is InChI=1S/C17H20N4O5S/c1-3-26-17(23)15-13-10-21(9-8-14(13)18-19-15)16(22)11-4-6-12(7-5-11)20-27(2,24)25/h4-7,20H,3,8-10H2,1-2H3,(H,18,19). The van der Waals surface area contributed by atoms with Crippen LogP contribution in [0.25, 0.3) is 0 Å². The van der Waals surface area contributed by atoms with Crippen LogP contribution in [0.2, 0.25) is 0 Å². The molecule has 0 radical (unpaired) electrons. The Morgan fingerprint density at radius 1 is 1.30 bits per heavy atom. The summed E-state index contributed by atoms with van der Waals surface area (Å²) in [5, 5.41) is 6.87. The van der Waals surface area contributed by atoms with Crippen LogP contribution in [0.5, 0.6) is 0 Å². The van der Waals surface area contributed by atoms with E-state index in [0.717, 1.165) is 11.9 Å². The summed E-state index contributed by atoms with van der Waals surface area (Å²) < 4.78 is 29.9. The molecule has 0 bridgehead atoms. The number of sulfonamides is 1. The van der Waals surface area contributed by atoms with Crippen LogP contribution in [-0.2, 0) is 27.7 Å². The monoisotopic (exact) mass is 392 g/mol. The number of nitrogens with zero attached hydrogens (tertiary/aromatic N) is 2. The summed E-state index contributed by atoms with van der Waals surface area (Å²) in [5.74, 6) is -0.719. The molecule has 1 aliphatic rings. The average Bonchev–Trinajstić information content (AvgIpc) is 3.04. The first-order valence-electron chi connectivity index (χ1n) is 8.39. The van der Waals surface area contributed by atoms with E-state index < -0.39 is 16.0 Å². The number of benzene rings is 1. The number of H-pyrrole nitrogens is 1. The Morgan fingerprint density at radius 3 is 2.63 bits per heavy atom. The van der Waals surface area contributed by atoms with Crippen LogP contribution in [0.3, 0.4) is 0 Å². The number of aromatic amines is 1. The van der Waals surface area contributed by atoms with E-state index in [-0.39, 0.29) is 24.8 Å². The molecule has 0 aliphatic carbocycles. The Bertz CT molecular complexity index is 966. The van der Waals surface area contributed by atoms with E-state index in [0.29, 0.717) is 29.8 Å². The van der Waals surface area contributed by atoms with Gasteiger partial charge in [0.1, 0.15) is 0 Å². The summed E-state index contributed by atoms with van der Waals surface area (Å²) in [7, 11) is -3.38. The molecule has 144 valence electrons. The van der Waals surface area contributed by atoms with E-state index in [4.69, 9.17) is 4.74 Å². The number of hydrogen-bond acceptors (Lipinski definition) is 6. The molecular formula is C17H20N4O5S. The summed E-state index contributed by atoms with van der Waals surface area (Å²) in [6, 6.07) is 6.19. The Balaban J connectivity index is 1.76. The van der Waals surface area contributed by atoms with Gasteiger partial charge in [-0.15, -0.1) is 0 Å². The molecule has 2 aromatic rings. The van der Waals surface area contributed by atoms with Gasteiger partial charge >= 0.3 is 5.97 Å². The van der Waals surface area contributed by atoms with Gasteiger partial charge in [0, 0.05) is 35.5 Å². The van der Waals surface area contributed by atoms with Crippen molar-refractivity contribution < 1.29 is 22.7 Å². The minimum atomic E-state index is -3.38. The van der Waals surface area contributed by atoms with Gasteiger partial charge in [-0.05, 0) is 31.2 Å². The molecule has 1 aromatic heterocycles. The van der Waals surface area contributed by atoms with Crippen LogP contribution in [0, 0.1) is 0 Å². The van der Waals surface area contributed by atoms with E-state index in [1.165, 1.54) is 12.1 Å². The second kappa shape index (κ2) is 7.39. The minimum absolute atomic E-state index is 0.206. The lowest BCUT2D eigenvalue weighted by atomic mass is 10.0. The summed E-state index contributed by atoms with van der Waals surface area (Å²) in [6.07, 6.45) is 1.62. The van der Waals surface area contributed by atoms with Gasteiger partial charge in [0.15, 0.2) is 5.69 Å². The second-order valence-electron chi connectivity index (χ2n) is 6.18. The maximum atomic E-state index is 12.8. The smallest absolute Gasteiger partial charge is 0.359 e. The largest absolute Gasteiger partial charge is 0.461 e. The number of hydrogen-bond donors (Lipinski definition) is 2. The van der Waals surface area contributed by atoms with E-state index >= 15 is 0 Å². The van der Waals surface area contributed by atoms with Crippen molar-refractivity contribution in [3.63, 3.8) is 0 Å². The molecule has 0 spiro atoms. The highest BCUT2D eigenvalue weighted by molar-refractivity contribution is 7.92. The molecular weight excluding hydrogens is 372 g/mol. The maximum absolute atomic E-state index is 12.8. The number of fused-ring (bicyclic) bond motifs is 1. The van der Waals surface area contributed by atoms with Gasteiger partial charge in [0.05, 0.1) is 19.4 Å². The molecule has 0 fully saturated rings. The van der Waals surface area contributed by atoms with Gasteiger partial charge in [-0.2, -0.15) is 5.10 Å². The van der Waals surface area contributed by atoms with Crippen molar-refractivity contribution in [2.45, 2.75) is 19.9 Å². The quantitative estimate of drug-likeness (QED) is 0.737. The zero-order valence-corrected chi connectivity index (χ0v) is 15.8. The number of carbonyl (C=O) groups excluding carboxylic acids is 2. The number of aromatic nitrogens is 2. The molecule has 27 heavy (non-hydrogen) atoms. The zero-order chi connectivity index (χ0) is 19.6.